The van der Waals surface area contributed by atoms with Crippen LogP contribution in [0.3, 0.4) is 0 Å². The lowest BCUT2D eigenvalue weighted by atomic mass is 10.1. The fourth-order valence-corrected chi connectivity index (χ4v) is 4.84. The molecule has 142 valence electrons. The summed E-state index contributed by atoms with van der Waals surface area (Å²) in [5.41, 5.74) is 1.19. The van der Waals surface area contributed by atoms with Gasteiger partial charge in [0, 0.05) is 50.1 Å². The first-order valence-corrected chi connectivity index (χ1v) is 10.0. The average molecular weight is 388 g/mol. The minimum absolute atomic E-state index is 0.0362. The van der Waals surface area contributed by atoms with E-state index in [0.29, 0.717) is 54.9 Å². The summed E-state index contributed by atoms with van der Waals surface area (Å²) in [5.74, 6) is 0.486. The molecule has 0 N–H and O–H groups in total. The molecule has 2 aliphatic heterocycles. The van der Waals surface area contributed by atoms with Crippen molar-refractivity contribution in [3.8, 4) is 0 Å². The molecule has 1 fully saturated rings. The van der Waals surface area contributed by atoms with E-state index in [4.69, 9.17) is 0 Å². The maximum Gasteiger partial charge on any atom is 0.254 e. The minimum Gasteiger partial charge on any atom is -0.366 e. The number of halogens is 1. The van der Waals surface area contributed by atoms with E-state index in [2.05, 4.69) is 4.98 Å². The van der Waals surface area contributed by atoms with Gasteiger partial charge in [-0.15, -0.1) is 0 Å². The van der Waals surface area contributed by atoms with Gasteiger partial charge in [0.1, 0.15) is 5.82 Å². The van der Waals surface area contributed by atoms with Crippen molar-refractivity contribution in [3.05, 3.63) is 52.2 Å². The van der Waals surface area contributed by atoms with E-state index in [1.165, 1.54) is 23.9 Å². The van der Waals surface area contributed by atoms with Crippen LogP contribution in [0.4, 0.5) is 10.1 Å². The summed E-state index contributed by atoms with van der Waals surface area (Å²) in [6, 6.07) is 8.08. The zero-order chi connectivity index (χ0) is 19.0. The van der Waals surface area contributed by atoms with Crippen LogP contribution < -0.4 is 10.5 Å². The van der Waals surface area contributed by atoms with Crippen molar-refractivity contribution < 1.29 is 9.18 Å². The SMILES string of the molecule is Cc1cc(=O)n2c(n1)SC[C@@H]2CC(=O)N1CCN(c2ccccc2F)CC1. The Morgan fingerprint density at radius 2 is 2.00 bits per heavy atom. The molecule has 6 nitrogen and oxygen atoms in total. The number of thioether (sulfide) groups is 1. The van der Waals surface area contributed by atoms with Crippen LogP contribution in [0.25, 0.3) is 0 Å². The number of para-hydroxylation sites is 1. The first-order valence-electron chi connectivity index (χ1n) is 9.03. The van der Waals surface area contributed by atoms with Gasteiger partial charge in [-0.25, -0.2) is 9.37 Å². The van der Waals surface area contributed by atoms with Crippen LogP contribution in [-0.2, 0) is 4.79 Å². The van der Waals surface area contributed by atoms with E-state index in [1.807, 2.05) is 15.9 Å². The molecule has 0 radical (unpaired) electrons. The molecule has 1 saturated heterocycles. The Kier molecular flexibility index (Phi) is 4.90. The number of aryl methyl sites for hydroxylation is 1. The van der Waals surface area contributed by atoms with Crippen LogP contribution in [0.1, 0.15) is 18.2 Å². The highest BCUT2D eigenvalue weighted by atomic mass is 32.2. The Labute approximate surface area is 161 Å². The largest absolute Gasteiger partial charge is 0.366 e. The Morgan fingerprint density at radius 3 is 2.74 bits per heavy atom. The summed E-state index contributed by atoms with van der Waals surface area (Å²) in [6.07, 6.45) is 0.296. The number of nitrogens with zero attached hydrogens (tertiary/aromatic N) is 4. The molecular weight excluding hydrogens is 367 g/mol. The van der Waals surface area contributed by atoms with Gasteiger partial charge in [-0.1, -0.05) is 23.9 Å². The Balaban J connectivity index is 1.39. The number of anilines is 1. The Bertz CT molecular complexity index is 924. The van der Waals surface area contributed by atoms with E-state index in [0.717, 1.165) is 0 Å². The molecule has 4 rings (SSSR count). The van der Waals surface area contributed by atoms with Gasteiger partial charge in [0.2, 0.25) is 5.91 Å². The maximum absolute atomic E-state index is 13.9. The lowest BCUT2D eigenvalue weighted by Crippen LogP contribution is -2.49. The molecule has 1 aromatic heterocycles. The zero-order valence-electron chi connectivity index (χ0n) is 15.1. The fourth-order valence-electron chi connectivity index (χ4n) is 3.65. The van der Waals surface area contributed by atoms with Crippen molar-refractivity contribution in [2.75, 3.05) is 36.8 Å². The fraction of sp³-hybridized carbons (Fsp3) is 0.421. The molecule has 1 amide bonds. The summed E-state index contributed by atoms with van der Waals surface area (Å²) in [7, 11) is 0. The van der Waals surface area contributed by atoms with Gasteiger partial charge in [0.25, 0.3) is 5.56 Å². The number of amides is 1. The number of carbonyl (C=O) groups excluding carboxylic acids is 1. The van der Waals surface area contributed by atoms with Gasteiger partial charge in [-0.3, -0.25) is 14.2 Å². The van der Waals surface area contributed by atoms with Crippen molar-refractivity contribution in [1.29, 1.82) is 0 Å². The smallest absolute Gasteiger partial charge is 0.254 e. The molecule has 8 heteroatoms. The number of benzene rings is 1. The number of rotatable bonds is 3. The van der Waals surface area contributed by atoms with Gasteiger partial charge in [-0.05, 0) is 19.1 Å². The quantitative estimate of drug-likeness (QED) is 0.754. The van der Waals surface area contributed by atoms with Crippen LogP contribution >= 0.6 is 11.8 Å². The second-order valence-corrected chi connectivity index (χ2v) is 7.86. The van der Waals surface area contributed by atoms with Crippen LogP contribution in [0.2, 0.25) is 0 Å². The highest BCUT2D eigenvalue weighted by Crippen LogP contribution is 2.32. The molecule has 0 aliphatic carbocycles. The minimum atomic E-state index is -0.237. The summed E-state index contributed by atoms with van der Waals surface area (Å²) in [4.78, 5) is 33.2. The van der Waals surface area contributed by atoms with Crippen LogP contribution in [0.15, 0.2) is 40.3 Å². The topological polar surface area (TPSA) is 58.4 Å². The molecule has 3 heterocycles. The summed E-state index contributed by atoms with van der Waals surface area (Å²) in [5, 5.41) is 0.696. The molecule has 27 heavy (non-hydrogen) atoms. The molecular formula is C19H21FN4O2S. The molecule has 0 saturated carbocycles. The van der Waals surface area contributed by atoms with Crippen LogP contribution in [0, 0.1) is 12.7 Å². The van der Waals surface area contributed by atoms with Gasteiger partial charge in [-0.2, -0.15) is 0 Å². The van der Waals surface area contributed by atoms with E-state index >= 15 is 0 Å². The number of hydrogen-bond acceptors (Lipinski definition) is 5. The van der Waals surface area contributed by atoms with Crippen molar-refractivity contribution in [2.45, 2.75) is 24.5 Å². The zero-order valence-corrected chi connectivity index (χ0v) is 15.9. The predicted octanol–water partition coefficient (Wildman–Crippen LogP) is 2.08. The lowest BCUT2D eigenvalue weighted by Gasteiger charge is -2.36. The summed E-state index contributed by atoms with van der Waals surface area (Å²) in [6.45, 7) is 4.12. The molecule has 2 aliphatic rings. The van der Waals surface area contributed by atoms with Crippen LogP contribution in [0.5, 0.6) is 0 Å². The van der Waals surface area contributed by atoms with Gasteiger partial charge < -0.3 is 9.80 Å². The van der Waals surface area contributed by atoms with Crippen LogP contribution in [-0.4, -0.2) is 52.3 Å². The summed E-state index contributed by atoms with van der Waals surface area (Å²) >= 11 is 1.52. The highest BCUT2D eigenvalue weighted by molar-refractivity contribution is 7.99. The maximum atomic E-state index is 13.9. The average Bonchev–Trinajstić information content (AvgIpc) is 3.05. The predicted molar refractivity (Wildman–Crippen MR) is 103 cm³/mol. The van der Waals surface area contributed by atoms with E-state index in [1.54, 1.807) is 23.6 Å². The molecule has 1 aromatic carbocycles. The first kappa shape index (κ1) is 18.0. The van der Waals surface area contributed by atoms with E-state index < -0.39 is 0 Å². The Hall–Kier alpha value is -2.35. The number of piperazine rings is 1. The number of carbonyl (C=O) groups is 1. The van der Waals surface area contributed by atoms with E-state index in [-0.39, 0.29) is 23.3 Å². The van der Waals surface area contributed by atoms with Gasteiger partial charge in [0.05, 0.1) is 11.7 Å². The highest BCUT2D eigenvalue weighted by Gasteiger charge is 2.30. The third-order valence-electron chi connectivity index (χ3n) is 5.05. The number of fused-ring (bicyclic) bond motifs is 1. The molecule has 0 spiro atoms. The lowest BCUT2D eigenvalue weighted by molar-refractivity contribution is -0.132. The van der Waals surface area contributed by atoms with Crippen molar-refractivity contribution in [2.24, 2.45) is 0 Å². The van der Waals surface area contributed by atoms with Crippen molar-refractivity contribution in [1.82, 2.24) is 14.5 Å². The third kappa shape index (κ3) is 3.58. The first-order chi connectivity index (χ1) is 13.0. The number of hydrogen-bond donors (Lipinski definition) is 0. The second kappa shape index (κ2) is 7.34. The number of aromatic nitrogens is 2. The van der Waals surface area contributed by atoms with Gasteiger partial charge in [0.15, 0.2) is 5.16 Å². The molecule has 2 aromatic rings. The van der Waals surface area contributed by atoms with Gasteiger partial charge >= 0.3 is 0 Å². The summed E-state index contributed by atoms with van der Waals surface area (Å²) < 4.78 is 15.6. The second-order valence-electron chi connectivity index (χ2n) is 6.88. The molecule has 1 atom stereocenters. The van der Waals surface area contributed by atoms with Crippen molar-refractivity contribution >= 4 is 23.4 Å². The van der Waals surface area contributed by atoms with Crippen molar-refractivity contribution in [3.63, 3.8) is 0 Å². The molecule has 0 bridgehead atoms. The molecule has 0 unspecified atom stereocenters. The normalized spacial score (nSPS) is 19.3. The standard InChI is InChI=1S/C19H21FN4O2S/c1-13-10-18(26)24-14(12-27-19(24)21-13)11-17(25)23-8-6-22(7-9-23)16-5-3-2-4-15(16)20/h2-5,10,14H,6-9,11-12H2,1H3/t14-/m0/s1. The van der Waals surface area contributed by atoms with E-state index in [9.17, 15) is 14.0 Å². The monoisotopic (exact) mass is 388 g/mol. The Morgan fingerprint density at radius 1 is 1.26 bits per heavy atom. The third-order valence-corrected chi connectivity index (χ3v) is 6.15.